The lowest BCUT2D eigenvalue weighted by Gasteiger charge is -1.44. The van der Waals surface area contributed by atoms with Crippen LogP contribution in [0.3, 0.4) is 0 Å². The monoisotopic (exact) mass is 102 g/mol. The van der Waals surface area contributed by atoms with Crippen LogP contribution in [0.15, 0.2) is 25.3 Å². The molecule has 0 aliphatic carbocycles. The number of rotatable bonds is 1. The van der Waals surface area contributed by atoms with Crippen LogP contribution in [0.2, 0.25) is 0 Å². The lowest BCUT2D eigenvalue weighted by molar-refractivity contribution is 0.824. The van der Waals surface area contributed by atoms with Crippen molar-refractivity contribution in [2.24, 2.45) is 0 Å². The van der Waals surface area contributed by atoms with Crippen molar-refractivity contribution in [2.45, 2.75) is 0 Å². The molecule has 0 saturated heterocycles. The molecule has 6 heavy (non-hydrogen) atoms. The maximum atomic E-state index is 3.36. The molecule has 0 fully saturated rings. The van der Waals surface area contributed by atoms with Crippen LogP contribution >= 0.6 is 0 Å². The maximum absolute atomic E-state index is 3.36. The Bertz CT molecular complexity index is 28.5. The first-order valence-corrected chi connectivity index (χ1v) is 1.15. The molecular formula is C4H11AlO. The average molecular weight is 102 g/mol. The Balaban J connectivity index is -0.0000000450. The molecule has 0 aromatic heterocycles. The van der Waals surface area contributed by atoms with E-state index in [9.17, 15) is 0 Å². The molecule has 0 aliphatic heterocycles. The van der Waals surface area contributed by atoms with Gasteiger partial charge in [-0.2, -0.15) is 0 Å². The topological polar surface area (TPSA) is 31.5 Å². The lowest BCUT2D eigenvalue weighted by atomic mass is 10.6. The molecule has 1 nitrogen and oxygen atoms in total. The van der Waals surface area contributed by atoms with Gasteiger partial charge >= 0.3 is 0 Å². The fourth-order valence-corrected chi connectivity index (χ4v) is 0. The molecule has 0 spiro atoms. The molecule has 0 saturated carbocycles. The highest BCUT2D eigenvalue weighted by molar-refractivity contribution is 5.75. The van der Waals surface area contributed by atoms with Gasteiger partial charge in [0.05, 0.1) is 0 Å². The molecular weight excluding hydrogens is 91.0 g/mol. The van der Waals surface area contributed by atoms with Gasteiger partial charge in [0.25, 0.3) is 0 Å². The molecule has 0 heterocycles. The van der Waals surface area contributed by atoms with Crippen molar-refractivity contribution in [3.63, 3.8) is 0 Å². The molecule has 0 unspecified atom stereocenters. The second kappa shape index (κ2) is 20.2. The molecule has 0 amide bonds. The maximum Gasteiger partial charge on any atom is 0.187 e. The van der Waals surface area contributed by atoms with Crippen molar-refractivity contribution in [1.29, 1.82) is 0 Å². The summed E-state index contributed by atoms with van der Waals surface area (Å²) in [6.45, 7) is 6.72. The third kappa shape index (κ3) is 37.1. The minimum absolute atomic E-state index is 0. The molecule has 0 aromatic carbocycles. The first-order valence-electron chi connectivity index (χ1n) is 1.15. The highest BCUT2D eigenvalue weighted by Crippen LogP contribution is 1.52. The standard InChI is InChI=1S/C4H6.Al.H2O.3H/c1-3-4-2;;;;;/h3-4H,1-2H2;;1H2;;;. The SMILES string of the molecule is C=CC=C.O.[AlH3]. The second-order valence-electron chi connectivity index (χ2n) is 0.471. The first-order chi connectivity index (χ1) is 1.91. The van der Waals surface area contributed by atoms with E-state index in [2.05, 4.69) is 13.2 Å². The zero-order valence-corrected chi connectivity index (χ0v) is 3.07. The van der Waals surface area contributed by atoms with Gasteiger partial charge in [-0.1, -0.05) is 25.3 Å². The number of hydrogen-bond acceptors (Lipinski definition) is 0. The number of hydrogen-bond donors (Lipinski definition) is 0. The van der Waals surface area contributed by atoms with E-state index >= 15 is 0 Å². The normalized spacial score (nSPS) is 3.33. The predicted molar refractivity (Wildman–Crippen MR) is 33.9 cm³/mol. The van der Waals surface area contributed by atoms with Crippen LogP contribution in [0, 0.1) is 0 Å². The summed E-state index contributed by atoms with van der Waals surface area (Å²) >= 11 is 0. The fourth-order valence-electron chi connectivity index (χ4n) is 0. The van der Waals surface area contributed by atoms with E-state index in [1.807, 2.05) is 0 Å². The van der Waals surface area contributed by atoms with Crippen molar-refractivity contribution in [3.8, 4) is 0 Å². The second-order valence-corrected chi connectivity index (χ2v) is 0.471. The Morgan fingerprint density at radius 3 is 1.17 bits per heavy atom. The van der Waals surface area contributed by atoms with Crippen LogP contribution in [0.25, 0.3) is 0 Å². The zero-order chi connectivity index (χ0) is 3.41. The molecule has 0 aliphatic rings. The van der Waals surface area contributed by atoms with Crippen molar-refractivity contribution in [3.05, 3.63) is 25.3 Å². The minimum Gasteiger partial charge on any atom is -0.412 e. The minimum atomic E-state index is 0. The average Bonchev–Trinajstić information content (AvgIpc) is 1.37. The van der Waals surface area contributed by atoms with Gasteiger partial charge in [-0.05, 0) is 0 Å². The summed E-state index contributed by atoms with van der Waals surface area (Å²) in [4.78, 5) is 0. The Morgan fingerprint density at radius 2 is 1.17 bits per heavy atom. The molecule has 0 radical (unpaired) electrons. The predicted octanol–water partition coefficient (Wildman–Crippen LogP) is -0.650. The summed E-state index contributed by atoms with van der Waals surface area (Å²) in [6.07, 6.45) is 3.28. The number of allylic oxidation sites excluding steroid dienone is 2. The molecule has 2 heteroatoms. The summed E-state index contributed by atoms with van der Waals surface area (Å²) in [5, 5.41) is 0. The molecule has 0 atom stereocenters. The largest absolute Gasteiger partial charge is 0.412 e. The van der Waals surface area contributed by atoms with E-state index in [0.29, 0.717) is 0 Å². The summed E-state index contributed by atoms with van der Waals surface area (Å²) in [7, 11) is 0. The van der Waals surface area contributed by atoms with Crippen molar-refractivity contribution < 1.29 is 5.48 Å². The van der Waals surface area contributed by atoms with Crippen LogP contribution in [-0.2, 0) is 0 Å². The van der Waals surface area contributed by atoms with Crippen LogP contribution < -0.4 is 0 Å². The summed E-state index contributed by atoms with van der Waals surface area (Å²) in [5.74, 6) is 0. The van der Waals surface area contributed by atoms with Crippen molar-refractivity contribution >= 4 is 17.4 Å². The Hall–Kier alpha value is -0.0275. The summed E-state index contributed by atoms with van der Waals surface area (Å²) < 4.78 is 0. The third-order valence-corrected chi connectivity index (χ3v) is 0.167. The van der Waals surface area contributed by atoms with Gasteiger partial charge in [0.1, 0.15) is 0 Å². The lowest BCUT2D eigenvalue weighted by Crippen LogP contribution is -1.21. The molecule has 0 bridgehead atoms. The van der Waals surface area contributed by atoms with Gasteiger partial charge in [-0.25, -0.2) is 0 Å². The Kier molecular flexibility index (Phi) is 56.2. The van der Waals surface area contributed by atoms with Crippen LogP contribution in [0.5, 0.6) is 0 Å². The van der Waals surface area contributed by atoms with Gasteiger partial charge in [0, 0.05) is 0 Å². The quantitative estimate of drug-likeness (QED) is 0.311. The summed E-state index contributed by atoms with van der Waals surface area (Å²) in [6, 6.07) is 0. The molecule has 2 N–H and O–H groups in total. The van der Waals surface area contributed by atoms with Gasteiger partial charge in [0.2, 0.25) is 0 Å². The van der Waals surface area contributed by atoms with Gasteiger partial charge in [-0.3, -0.25) is 0 Å². The third-order valence-electron chi connectivity index (χ3n) is 0.167. The smallest absolute Gasteiger partial charge is 0.187 e. The fraction of sp³-hybridized carbons (Fsp3) is 0. The Labute approximate surface area is 48.8 Å². The zero-order valence-electron chi connectivity index (χ0n) is 3.07. The molecule has 0 aromatic rings. The van der Waals surface area contributed by atoms with Gasteiger partial charge < -0.3 is 5.48 Å². The van der Waals surface area contributed by atoms with E-state index in [1.54, 1.807) is 12.2 Å². The van der Waals surface area contributed by atoms with Crippen LogP contribution in [-0.4, -0.2) is 22.8 Å². The summed E-state index contributed by atoms with van der Waals surface area (Å²) in [5.41, 5.74) is 0. The van der Waals surface area contributed by atoms with E-state index < -0.39 is 0 Å². The van der Waals surface area contributed by atoms with Crippen LogP contribution in [0.1, 0.15) is 0 Å². The first kappa shape index (κ1) is 16.7. The van der Waals surface area contributed by atoms with E-state index in [-0.39, 0.29) is 22.8 Å². The van der Waals surface area contributed by atoms with Crippen molar-refractivity contribution in [2.75, 3.05) is 0 Å². The van der Waals surface area contributed by atoms with E-state index in [0.717, 1.165) is 0 Å². The highest BCUT2D eigenvalue weighted by Gasteiger charge is 1.29. The van der Waals surface area contributed by atoms with Crippen molar-refractivity contribution in [1.82, 2.24) is 0 Å². The van der Waals surface area contributed by atoms with Gasteiger partial charge in [0.15, 0.2) is 17.4 Å². The molecule has 36 valence electrons. The Morgan fingerprint density at radius 1 is 1.00 bits per heavy atom. The molecule has 0 rings (SSSR count). The van der Waals surface area contributed by atoms with Crippen LogP contribution in [0.4, 0.5) is 0 Å². The van der Waals surface area contributed by atoms with E-state index in [1.165, 1.54) is 0 Å². The van der Waals surface area contributed by atoms with Gasteiger partial charge in [-0.15, -0.1) is 0 Å². The highest BCUT2D eigenvalue weighted by atomic mass is 27.0. The van der Waals surface area contributed by atoms with E-state index in [4.69, 9.17) is 0 Å².